The first kappa shape index (κ1) is 15.7. The summed E-state index contributed by atoms with van der Waals surface area (Å²) in [6.07, 6.45) is 3.66. The molecule has 2 N–H and O–H groups in total. The molecule has 2 aromatic rings. The fourth-order valence-electron chi connectivity index (χ4n) is 3.91. The number of carbonyl (C=O) groups excluding carboxylic acids is 1. The average molecular weight is 378 g/mol. The van der Waals surface area contributed by atoms with Gasteiger partial charge in [0.25, 0.3) is 5.91 Å². The number of nitrogens with one attached hydrogen (secondary N) is 1. The second-order valence-electron chi connectivity index (χ2n) is 7.42. The van der Waals surface area contributed by atoms with E-state index in [-0.39, 0.29) is 12.5 Å². The van der Waals surface area contributed by atoms with Crippen LogP contribution in [0, 0.1) is 5.92 Å². The third kappa shape index (κ3) is 2.40. The van der Waals surface area contributed by atoms with Crippen LogP contribution in [0.1, 0.15) is 46.9 Å². The molecule has 130 valence electrons. The van der Waals surface area contributed by atoms with Crippen LogP contribution in [0.3, 0.4) is 0 Å². The lowest BCUT2D eigenvalue weighted by atomic mass is 10.1. The number of hydrogen-bond donors (Lipinski definition) is 2. The summed E-state index contributed by atoms with van der Waals surface area (Å²) in [5, 5.41) is 18.1. The average Bonchev–Trinajstić information content (AvgIpc) is 3.45. The summed E-state index contributed by atoms with van der Waals surface area (Å²) in [6, 6.07) is 5.31. The summed E-state index contributed by atoms with van der Waals surface area (Å²) >= 11 is 12.4. The van der Waals surface area contributed by atoms with Crippen molar-refractivity contribution in [2.45, 2.75) is 37.1 Å². The molecule has 1 amide bonds. The monoisotopic (exact) mass is 377 g/mol. The Kier molecular flexibility index (Phi) is 3.28. The van der Waals surface area contributed by atoms with Crippen LogP contribution >= 0.6 is 23.2 Å². The van der Waals surface area contributed by atoms with Crippen molar-refractivity contribution in [2.75, 3.05) is 6.61 Å². The Morgan fingerprint density at radius 1 is 1.40 bits per heavy atom. The predicted octanol–water partition coefficient (Wildman–Crippen LogP) is 3.09. The van der Waals surface area contributed by atoms with Gasteiger partial charge in [0.05, 0.1) is 28.5 Å². The first-order valence-corrected chi connectivity index (χ1v) is 9.27. The number of aliphatic hydroxyl groups is 1. The number of rotatable bonds is 4. The van der Waals surface area contributed by atoms with Gasteiger partial charge in [-0.3, -0.25) is 4.79 Å². The number of carbonyl (C=O) groups is 1. The van der Waals surface area contributed by atoms with E-state index < -0.39 is 5.54 Å². The molecule has 1 aromatic heterocycles. The van der Waals surface area contributed by atoms with Crippen molar-refractivity contribution in [3.63, 3.8) is 0 Å². The lowest BCUT2D eigenvalue weighted by molar-refractivity contribution is 0.0900. The van der Waals surface area contributed by atoms with Crippen LogP contribution in [-0.4, -0.2) is 32.9 Å². The standard InChI is InChI=1S/C18H17Cl2N3O2/c19-10-1-2-14(13(20)7-10)23-16-11-5-9(11)6-12(16)15(22-23)17(25)21-18(8-24)3-4-18/h1-2,7,9,11,24H,3-6,8H2,(H,21,25). The highest BCUT2D eigenvalue weighted by molar-refractivity contribution is 6.35. The number of hydrogen-bond acceptors (Lipinski definition) is 3. The van der Waals surface area contributed by atoms with Gasteiger partial charge in [-0.25, -0.2) is 4.68 Å². The highest BCUT2D eigenvalue weighted by atomic mass is 35.5. The third-order valence-corrected chi connectivity index (χ3v) is 6.19. The van der Waals surface area contributed by atoms with E-state index in [9.17, 15) is 9.90 Å². The van der Waals surface area contributed by atoms with Gasteiger partial charge in [0, 0.05) is 16.5 Å². The summed E-state index contributed by atoms with van der Waals surface area (Å²) in [5.41, 5.74) is 2.89. The second kappa shape index (κ2) is 5.22. The smallest absolute Gasteiger partial charge is 0.272 e. The van der Waals surface area contributed by atoms with E-state index in [4.69, 9.17) is 23.2 Å². The van der Waals surface area contributed by atoms with E-state index in [0.717, 1.165) is 42.6 Å². The molecule has 2 fully saturated rings. The van der Waals surface area contributed by atoms with Crippen LogP contribution in [-0.2, 0) is 6.42 Å². The first-order chi connectivity index (χ1) is 12.0. The van der Waals surface area contributed by atoms with Crippen molar-refractivity contribution >= 4 is 29.1 Å². The fourth-order valence-corrected chi connectivity index (χ4v) is 4.40. The number of halogens is 2. The Bertz CT molecular complexity index is 904. The third-order valence-electron chi connectivity index (χ3n) is 5.65. The molecule has 7 heteroatoms. The molecule has 0 radical (unpaired) electrons. The molecule has 5 rings (SSSR count). The van der Waals surface area contributed by atoms with Crippen LogP contribution < -0.4 is 5.32 Å². The molecule has 0 aliphatic heterocycles. The highest BCUT2D eigenvalue weighted by Crippen LogP contribution is 2.57. The molecule has 0 saturated heterocycles. The number of nitrogens with zero attached hydrogens (tertiary/aromatic N) is 2. The summed E-state index contributed by atoms with van der Waals surface area (Å²) in [7, 11) is 0. The molecular weight excluding hydrogens is 361 g/mol. The minimum atomic E-state index is -0.451. The summed E-state index contributed by atoms with van der Waals surface area (Å²) in [5.74, 6) is 0.876. The number of fused-ring (bicyclic) bond motifs is 3. The van der Waals surface area contributed by atoms with Gasteiger partial charge in [0.15, 0.2) is 5.69 Å². The minimum Gasteiger partial charge on any atom is -0.394 e. The molecule has 3 aliphatic rings. The molecule has 2 atom stereocenters. The first-order valence-electron chi connectivity index (χ1n) is 8.52. The van der Waals surface area contributed by atoms with Gasteiger partial charge in [0.2, 0.25) is 0 Å². The second-order valence-corrected chi connectivity index (χ2v) is 8.26. The predicted molar refractivity (Wildman–Crippen MR) is 94.7 cm³/mol. The maximum absolute atomic E-state index is 12.8. The number of amides is 1. The Morgan fingerprint density at radius 3 is 2.88 bits per heavy atom. The fraction of sp³-hybridized carbons (Fsp3) is 0.444. The molecule has 25 heavy (non-hydrogen) atoms. The SMILES string of the molecule is O=C(NC1(CO)CC1)c1nn(-c2ccc(Cl)cc2Cl)c2c1CC1CC21. The Balaban J connectivity index is 1.58. The topological polar surface area (TPSA) is 67.2 Å². The molecule has 2 saturated carbocycles. The lowest BCUT2D eigenvalue weighted by Gasteiger charge is -2.13. The van der Waals surface area contributed by atoms with E-state index >= 15 is 0 Å². The molecule has 0 spiro atoms. The van der Waals surface area contributed by atoms with Crippen LogP contribution in [0.5, 0.6) is 0 Å². The summed E-state index contributed by atoms with van der Waals surface area (Å²) in [6.45, 7) is -0.0318. The maximum Gasteiger partial charge on any atom is 0.272 e. The summed E-state index contributed by atoms with van der Waals surface area (Å²) < 4.78 is 1.82. The Morgan fingerprint density at radius 2 is 2.20 bits per heavy atom. The van der Waals surface area contributed by atoms with E-state index in [2.05, 4.69) is 10.4 Å². The highest BCUT2D eigenvalue weighted by Gasteiger charge is 2.51. The molecule has 5 nitrogen and oxygen atoms in total. The van der Waals surface area contributed by atoms with Gasteiger partial charge in [-0.1, -0.05) is 23.2 Å². The van der Waals surface area contributed by atoms with Crippen LogP contribution in [0.25, 0.3) is 5.69 Å². The quantitative estimate of drug-likeness (QED) is 0.859. The maximum atomic E-state index is 12.8. The summed E-state index contributed by atoms with van der Waals surface area (Å²) in [4.78, 5) is 12.8. The molecular formula is C18H17Cl2N3O2. The van der Waals surface area contributed by atoms with Crippen molar-refractivity contribution < 1.29 is 9.90 Å². The molecule has 1 heterocycles. The van der Waals surface area contributed by atoms with Crippen molar-refractivity contribution in [2.24, 2.45) is 5.92 Å². The minimum absolute atomic E-state index is 0.0318. The van der Waals surface area contributed by atoms with E-state index in [1.165, 1.54) is 0 Å². The normalized spacial score (nSPS) is 24.6. The van der Waals surface area contributed by atoms with Gasteiger partial charge in [-0.15, -0.1) is 0 Å². The van der Waals surface area contributed by atoms with Gasteiger partial charge in [0.1, 0.15) is 0 Å². The number of aliphatic hydroxyl groups excluding tert-OH is 1. The number of benzene rings is 1. The molecule has 3 aliphatic carbocycles. The van der Waals surface area contributed by atoms with Gasteiger partial charge in [-0.2, -0.15) is 5.10 Å². The van der Waals surface area contributed by atoms with Crippen molar-refractivity contribution in [3.8, 4) is 5.69 Å². The zero-order chi connectivity index (χ0) is 17.3. The van der Waals surface area contributed by atoms with Crippen molar-refractivity contribution in [3.05, 3.63) is 45.2 Å². The van der Waals surface area contributed by atoms with E-state index in [1.807, 2.05) is 10.7 Å². The van der Waals surface area contributed by atoms with Gasteiger partial charge < -0.3 is 10.4 Å². The lowest BCUT2D eigenvalue weighted by Crippen LogP contribution is -2.40. The zero-order valence-electron chi connectivity index (χ0n) is 13.4. The molecule has 2 unspecified atom stereocenters. The molecule has 1 aromatic carbocycles. The van der Waals surface area contributed by atoms with Gasteiger partial charge in [-0.05, 0) is 49.8 Å². The number of aromatic nitrogens is 2. The Hall–Kier alpha value is -1.56. The van der Waals surface area contributed by atoms with Gasteiger partial charge >= 0.3 is 0 Å². The largest absolute Gasteiger partial charge is 0.394 e. The molecule has 0 bridgehead atoms. The van der Waals surface area contributed by atoms with E-state index in [1.54, 1.807) is 12.1 Å². The van der Waals surface area contributed by atoms with Crippen LogP contribution in [0.4, 0.5) is 0 Å². The van der Waals surface area contributed by atoms with Crippen LogP contribution in [0.15, 0.2) is 18.2 Å². The van der Waals surface area contributed by atoms with Crippen LogP contribution in [0.2, 0.25) is 10.0 Å². The van der Waals surface area contributed by atoms with E-state index in [0.29, 0.717) is 27.6 Å². The zero-order valence-corrected chi connectivity index (χ0v) is 14.9. The Labute approximate surface area is 154 Å². The van der Waals surface area contributed by atoms with Crippen molar-refractivity contribution in [1.82, 2.24) is 15.1 Å². The van der Waals surface area contributed by atoms with Crippen molar-refractivity contribution in [1.29, 1.82) is 0 Å².